The number of hydrogen-bond donors (Lipinski definition) is 0. The molecule has 2 aromatic carbocycles. The van der Waals surface area contributed by atoms with Crippen LogP contribution in [0.2, 0.25) is 0 Å². The Balaban J connectivity index is 1.80. The van der Waals surface area contributed by atoms with E-state index in [-0.39, 0.29) is 5.91 Å². The number of aryl methyl sites for hydroxylation is 3. The maximum absolute atomic E-state index is 12.8. The van der Waals surface area contributed by atoms with Crippen LogP contribution in [-0.4, -0.2) is 10.5 Å². The zero-order valence-corrected chi connectivity index (χ0v) is 15.8. The molecule has 0 fully saturated rings. The lowest BCUT2D eigenvalue weighted by molar-refractivity contribution is 0.0997. The number of carbonyl (C=O) groups excluding carboxylic acids is 1. The summed E-state index contributed by atoms with van der Waals surface area (Å²) in [6.07, 6.45) is 6.48. The minimum Gasteiger partial charge on any atom is -0.312 e. The molecule has 0 aliphatic heterocycles. The number of fused-ring (bicyclic) bond motifs is 2. The maximum Gasteiger partial charge on any atom is 0.279 e. The predicted molar refractivity (Wildman–Crippen MR) is 108 cm³/mol. The molecule has 0 N–H and O–H groups in total. The standard InChI is InChI=1S/C22H22N2OS/c1-3-13-24-20-15(2)7-6-10-19(20)26-22(24)23-21(25)18-12-11-16-8-4-5-9-17(16)14-18/h3,6-7,10-12,14H,1,4-5,8-9,13H2,2H3. The van der Waals surface area contributed by atoms with Crippen molar-refractivity contribution in [2.24, 2.45) is 4.99 Å². The highest BCUT2D eigenvalue weighted by Crippen LogP contribution is 2.23. The number of para-hydroxylation sites is 1. The summed E-state index contributed by atoms with van der Waals surface area (Å²) in [5.41, 5.74) is 5.69. The summed E-state index contributed by atoms with van der Waals surface area (Å²) in [6, 6.07) is 12.3. The van der Waals surface area contributed by atoms with Crippen molar-refractivity contribution in [1.82, 2.24) is 4.57 Å². The summed E-state index contributed by atoms with van der Waals surface area (Å²) < 4.78 is 3.22. The summed E-state index contributed by atoms with van der Waals surface area (Å²) >= 11 is 1.56. The molecule has 1 heterocycles. The van der Waals surface area contributed by atoms with Crippen LogP contribution in [0.1, 0.15) is 39.9 Å². The van der Waals surface area contributed by atoms with Gasteiger partial charge in [0.1, 0.15) is 0 Å². The summed E-state index contributed by atoms with van der Waals surface area (Å²) in [6.45, 7) is 6.58. The molecule has 3 aromatic rings. The van der Waals surface area contributed by atoms with Crippen LogP contribution >= 0.6 is 11.3 Å². The van der Waals surface area contributed by atoms with Crippen LogP contribution in [-0.2, 0) is 19.4 Å². The molecule has 0 saturated carbocycles. The summed E-state index contributed by atoms with van der Waals surface area (Å²) in [5, 5.41) is 0. The van der Waals surface area contributed by atoms with E-state index in [1.807, 2.05) is 24.3 Å². The quantitative estimate of drug-likeness (QED) is 0.615. The Labute approximate surface area is 157 Å². The van der Waals surface area contributed by atoms with Gasteiger partial charge < -0.3 is 4.57 Å². The third kappa shape index (κ3) is 3.06. The molecule has 132 valence electrons. The van der Waals surface area contributed by atoms with Crippen LogP contribution in [0.4, 0.5) is 0 Å². The molecule has 0 saturated heterocycles. The van der Waals surface area contributed by atoms with Gasteiger partial charge in [0.05, 0.1) is 10.2 Å². The van der Waals surface area contributed by atoms with Gasteiger partial charge in [-0.2, -0.15) is 4.99 Å². The fourth-order valence-electron chi connectivity index (χ4n) is 3.71. The molecule has 1 aromatic heterocycles. The SMILES string of the molecule is C=CCn1c(=NC(=O)c2ccc3c(c2)CCCC3)sc2cccc(C)c21. The summed E-state index contributed by atoms with van der Waals surface area (Å²) in [7, 11) is 0. The summed E-state index contributed by atoms with van der Waals surface area (Å²) in [5.74, 6) is -0.166. The van der Waals surface area contributed by atoms with E-state index in [0.29, 0.717) is 12.1 Å². The van der Waals surface area contributed by atoms with Crippen LogP contribution in [0.5, 0.6) is 0 Å². The van der Waals surface area contributed by atoms with Crippen LogP contribution in [0.15, 0.2) is 54.0 Å². The highest BCUT2D eigenvalue weighted by atomic mass is 32.1. The smallest absolute Gasteiger partial charge is 0.279 e. The number of allylic oxidation sites excluding steroid dienone is 1. The van der Waals surface area contributed by atoms with Crippen LogP contribution in [0, 0.1) is 6.92 Å². The van der Waals surface area contributed by atoms with E-state index < -0.39 is 0 Å². The third-order valence-electron chi connectivity index (χ3n) is 5.01. The van der Waals surface area contributed by atoms with Gasteiger partial charge >= 0.3 is 0 Å². The van der Waals surface area contributed by atoms with E-state index in [1.54, 1.807) is 11.3 Å². The first-order chi connectivity index (χ1) is 12.7. The van der Waals surface area contributed by atoms with Crippen LogP contribution in [0.3, 0.4) is 0 Å². The molecule has 1 aliphatic carbocycles. The van der Waals surface area contributed by atoms with Crippen molar-refractivity contribution in [3.8, 4) is 0 Å². The van der Waals surface area contributed by atoms with Crippen LogP contribution < -0.4 is 4.80 Å². The van der Waals surface area contributed by atoms with Gasteiger partial charge in [0, 0.05) is 12.1 Å². The van der Waals surface area contributed by atoms with Gasteiger partial charge in [0.2, 0.25) is 0 Å². The Morgan fingerprint density at radius 3 is 2.85 bits per heavy atom. The molecule has 4 heteroatoms. The van der Waals surface area contributed by atoms with E-state index >= 15 is 0 Å². The molecule has 3 nitrogen and oxygen atoms in total. The zero-order chi connectivity index (χ0) is 18.1. The van der Waals surface area contributed by atoms with Crippen molar-refractivity contribution >= 4 is 27.5 Å². The Morgan fingerprint density at radius 2 is 2.04 bits per heavy atom. The lowest BCUT2D eigenvalue weighted by Gasteiger charge is -2.15. The first-order valence-corrected chi connectivity index (χ1v) is 9.90. The first kappa shape index (κ1) is 17.0. The van der Waals surface area contributed by atoms with Crippen molar-refractivity contribution in [2.45, 2.75) is 39.2 Å². The van der Waals surface area contributed by atoms with E-state index in [0.717, 1.165) is 27.9 Å². The van der Waals surface area contributed by atoms with Crippen molar-refractivity contribution in [1.29, 1.82) is 0 Å². The normalized spacial score (nSPS) is 14.4. The highest BCUT2D eigenvalue weighted by Gasteiger charge is 2.14. The number of benzene rings is 2. The number of nitrogens with zero attached hydrogens (tertiary/aromatic N) is 2. The highest BCUT2D eigenvalue weighted by molar-refractivity contribution is 7.16. The van der Waals surface area contributed by atoms with Gasteiger partial charge in [-0.05, 0) is 67.5 Å². The molecule has 0 bridgehead atoms. The molecule has 0 radical (unpaired) electrons. The van der Waals surface area contributed by atoms with Gasteiger partial charge in [-0.15, -0.1) is 6.58 Å². The second-order valence-electron chi connectivity index (χ2n) is 6.81. The summed E-state index contributed by atoms with van der Waals surface area (Å²) in [4.78, 5) is 18.0. The Kier molecular flexibility index (Phi) is 4.60. The minimum atomic E-state index is -0.166. The average Bonchev–Trinajstić information content (AvgIpc) is 3.00. The molecular weight excluding hydrogens is 340 g/mol. The van der Waals surface area contributed by atoms with Gasteiger partial charge in [0.25, 0.3) is 5.91 Å². The van der Waals surface area contributed by atoms with Gasteiger partial charge in [0.15, 0.2) is 4.80 Å². The number of rotatable bonds is 3. The topological polar surface area (TPSA) is 34.4 Å². The van der Waals surface area contributed by atoms with Crippen molar-refractivity contribution in [3.05, 3.63) is 76.1 Å². The van der Waals surface area contributed by atoms with Crippen molar-refractivity contribution in [3.63, 3.8) is 0 Å². The fourth-order valence-corrected chi connectivity index (χ4v) is 4.82. The van der Waals surface area contributed by atoms with Crippen molar-refractivity contribution in [2.75, 3.05) is 0 Å². The third-order valence-corrected chi connectivity index (χ3v) is 6.05. The van der Waals surface area contributed by atoms with E-state index in [1.165, 1.54) is 29.5 Å². The molecule has 1 aliphatic rings. The van der Waals surface area contributed by atoms with E-state index in [2.05, 4.69) is 41.3 Å². The number of carbonyl (C=O) groups is 1. The van der Waals surface area contributed by atoms with Gasteiger partial charge in [-0.3, -0.25) is 4.79 Å². The second-order valence-corrected chi connectivity index (χ2v) is 7.82. The molecule has 0 unspecified atom stereocenters. The second kappa shape index (κ2) is 7.04. The minimum absolute atomic E-state index is 0.166. The zero-order valence-electron chi connectivity index (χ0n) is 15.0. The number of amides is 1. The molecule has 0 spiro atoms. The number of aromatic nitrogens is 1. The Hall–Kier alpha value is -2.46. The Morgan fingerprint density at radius 1 is 1.23 bits per heavy atom. The largest absolute Gasteiger partial charge is 0.312 e. The van der Waals surface area contributed by atoms with Crippen molar-refractivity contribution < 1.29 is 4.79 Å². The Bertz CT molecular complexity index is 1070. The molecule has 26 heavy (non-hydrogen) atoms. The number of thiazole rings is 1. The lowest BCUT2D eigenvalue weighted by Crippen LogP contribution is -2.17. The molecular formula is C22H22N2OS. The molecule has 1 amide bonds. The maximum atomic E-state index is 12.8. The van der Waals surface area contributed by atoms with Crippen LogP contribution in [0.25, 0.3) is 10.2 Å². The molecule has 0 atom stereocenters. The number of hydrogen-bond acceptors (Lipinski definition) is 2. The van der Waals surface area contributed by atoms with E-state index in [9.17, 15) is 4.79 Å². The van der Waals surface area contributed by atoms with Gasteiger partial charge in [-0.1, -0.05) is 35.6 Å². The lowest BCUT2D eigenvalue weighted by atomic mass is 9.90. The average molecular weight is 362 g/mol. The molecule has 4 rings (SSSR count). The monoisotopic (exact) mass is 362 g/mol. The van der Waals surface area contributed by atoms with Gasteiger partial charge in [-0.25, -0.2) is 0 Å². The predicted octanol–water partition coefficient (Wildman–Crippen LogP) is 4.82. The van der Waals surface area contributed by atoms with E-state index in [4.69, 9.17) is 0 Å². The fraction of sp³-hybridized carbons (Fsp3) is 0.273. The first-order valence-electron chi connectivity index (χ1n) is 9.08.